The van der Waals surface area contributed by atoms with Gasteiger partial charge in [0.25, 0.3) is 5.91 Å². The maximum atomic E-state index is 12.4. The van der Waals surface area contributed by atoms with E-state index in [4.69, 9.17) is 0 Å². The average Bonchev–Trinajstić information content (AvgIpc) is 3.17. The van der Waals surface area contributed by atoms with E-state index >= 15 is 0 Å². The number of anilines is 1. The molecule has 3 aromatic carbocycles. The second kappa shape index (κ2) is 10.2. The normalized spacial score (nSPS) is 10.8. The van der Waals surface area contributed by atoms with Gasteiger partial charge in [0.1, 0.15) is 0 Å². The fraction of sp³-hybridized carbons (Fsp3) is 0.154. The Morgan fingerprint density at radius 2 is 1.62 bits per heavy atom. The Balaban J connectivity index is 1.38. The molecule has 0 spiro atoms. The number of amides is 2. The summed E-state index contributed by atoms with van der Waals surface area (Å²) in [7, 11) is 0. The molecular weight excluding hydrogens is 418 g/mol. The van der Waals surface area contributed by atoms with Crippen molar-refractivity contribution in [3.8, 4) is 0 Å². The molecule has 0 saturated carbocycles. The van der Waals surface area contributed by atoms with Crippen LogP contribution in [-0.4, -0.2) is 28.7 Å². The van der Waals surface area contributed by atoms with Crippen molar-refractivity contribution >= 4 is 40.2 Å². The van der Waals surface area contributed by atoms with Gasteiger partial charge in [-0.15, -0.1) is 11.8 Å². The van der Waals surface area contributed by atoms with E-state index in [1.165, 1.54) is 11.8 Å². The summed E-state index contributed by atoms with van der Waals surface area (Å²) in [6.45, 7) is 3.18. The number of nitrogens with one attached hydrogen (secondary N) is 2. The predicted octanol–water partition coefficient (Wildman–Crippen LogP) is 5.11. The highest BCUT2D eigenvalue weighted by Gasteiger charge is 2.11. The van der Waals surface area contributed by atoms with Crippen molar-refractivity contribution in [1.29, 1.82) is 0 Å². The molecule has 4 aromatic rings. The van der Waals surface area contributed by atoms with Crippen molar-refractivity contribution < 1.29 is 9.59 Å². The minimum absolute atomic E-state index is 0.0363. The maximum absolute atomic E-state index is 12.4. The molecule has 0 aliphatic rings. The molecule has 2 amide bonds. The molecule has 4 rings (SSSR count). The van der Waals surface area contributed by atoms with Crippen LogP contribution in [0.2, 0.25) is 0 Å². The van der Waals surface area contributed by atoms with Crippen LogP contribution in [0.5, 0.6) is 0 Å². The van der Waals surface area contributed by atoms with Crippen molar-refractivity contribution in [2.45, 2.75) is 18.4 Å². The molecule has 2 N–H and O–H groups in total. The third kappa shape index (κ3) is 5.39. The molecule has 0 radical (unpaired) electrons. The molecule has 5 nitrogen and oxygen atoms in total. The van der Waals surface area contributed by atoms with Gasteiger partial charge in [0, 0.05) is 46.3 Å². The lowest BCUT2D eigenvalue weighted by molar-refractivity contribution is -0.113. The van der Waals surface area contributed by atoms with Crippen molar-refractivity contribution in [1.82, 2.24) is 9.88 Å². The van der Waals surface area contributed by atoms with E-state index in [-0.39, 0.29) is 11.8 Å². The van der Waals surface area contributed by atoms with Gasteiger partial charge in [-0.25, -0.2) is 0 Å². The average molecular weight is 444 g/mol. The number of nitrogens with zero attached hydrogens (tertiary/aromatic N) is 1. The van der Waals surface area contributed by atoms with Crippen LogP contribution in [0.3, 0.4) is 0 Å². The lowest BCUT2D eigenvalue weighted by Crippen LogP contribution is -2.26. The molecule has 162 valence electrons. The van der Waals surface area contributed by atoms with Crippen LogP contribution >= 0.6 is 11.8 Å². The highest BCUT2D eigenvalue weighted by molar-refractivity contribution is 8.00. The Labute approximate surface area is 191 Å². The van der Waals surface area contributed by atoms with Gasteiger partial charge in [0.15, 0.2) is 0 Å². The first-order chi connectivity index (χ1) is 15.6. The predicted molar refractivity (Wildman–Crippen MR) is 131 cm³/mol. The minimum atomic E-state index is -0.0792. The second-order valence-corrected chi connectivity index (χ2v) is 8.55. The van der Waals surface area contributed by atoms with Gasteiger partial charge in [-0.05, 0) is 37.3 Å². The molecule has 0 unspecified atom stereocenters. The fourth-order valence-corrected chi connectivity index (χ4v) is 4.36. The van der Waals surface area contributed by atoms with Crippen molar-refractivity contribution in [3.05, 3.63) is 96.2 Å². The number of aromatic nitrogens is 1. The number of thioether (sulfide) groups is 1. The molecule has 0 fully saturated rings. The third-order valence-electron chi connectivity index (χ3n) is 5.12. The molecule has 6 heteroatoms. The van der Waals surface area contributed by atoms with E-state index in [9.17, 15) is 9.59 Å². The summed E-state index contributed by atoms with van der Waals surface area (Å²) < 4.78 is 2.13. The molecular formula is C26H25N3O2S. The number of aryl methyl sites for hydroxylation is 1. The van der Waals surface area contributed by atoms with Gasteiger partial charge in [0.05, 0.1) is 5.75 Å². The van der Waals surface area contributed by atoms with Crippen LogP contribution in [-0.2, 0) is 11.3 Å². The standard InChI is InChI=1S/C26H25N3O2S/c1-19-11-13-21(14-12-19)28-25(30)18-32-24-17-29(23-10-6-5-9-22(23)24)16-15-27-26(31)20-7-3-2-4-8-20/h2-14,17H,15-16,18H2,1H3,(H,27,31)(H,28,30). The van der Waals surface area contributed by atoms with E-state index in [0.717, 1.165) is 27.0 Å². The summed E-state index contributed by atoms with van der Waals surface area (Å²) in [5.74, 6) is 0.211. The molecule has 0 atom stereocenters. The first-order valence-electron chi connectivity index (χ1n) is 10.5. The monoisotopic (exact) mass is 443 g/mol. The number of benzene rings is 3. The number of carbonyl (C=O) groups is 2. The molecule has 0 saturated heterocycles. The van der Waals surface area contributed by atoms with Crippen LogP contribution in [0.4, 0.5) is 5.69 Å². The van der Waals surface area contributed by atoms with Crippen molar-refractivity contribution in [3.63, 3.8) is 0 Å². The van der Waals surface area contributed by atoms with Gasteiger partial charge < -0.3 is 15.2 Å². The molecule has 1 aromatic heterocycles. The zero-order valence-corrected chi connectivity index (χ0v) is 18.7. The lowest BCUT2D eigenvalue weighted by atomic mass is 10.2. The van der Waals surface area contributed by atoms with Gasteiger partial charge >= 0.3 is 0 Å². The Bertz CT molecular complexity index is 1220. The zero-order valence-electron chi connectivity index (χ0n) is 17.9. The van der Waals surface area contributed by atoms with Gasteiger partial charge in [-0.3, -0.25) is 9.59 Å². The van der Waals surface area contributed by atoms with E-state index < -0.39 is 0 Å². The largest absolute Gasteiger partial charge is 0.350 e. The summed E-state index contributed by atoms with van der Waals surface area (Å²) in [5, 5.41) is 7.02. The number of para-hydroxylation sites is 1. The first kappa shape index (κ1) is 21.7. The minimum Gasteiger partial charge on any atom is -0.350 e. The smallest absolute Gasteiger partial charge is 0.251 e. The summed E-state index contributed by atoms with van der Waals surface area (Å²) in [5.41, 5.74) is 3.70. The number of rotatable bonds is 8. The molecule has 0 aliphatic heterocycles. The summed E-state index contributed by atoms with van der Waals surface area (Å²) in [4.78, 5) is 25.7. The van der Waals surface area contributed by atoms with Crippen LogP contribution in [0.1, 0.15) is 15.9 Å². The summed E-state index contributed by atoms with van der Waals surface area (Å²) >= 11 is 1.52. The number of hydrogen-bond donors (Lipinski definition) is 2. The Morgan fingerprint density at radius 3 is 2.41 bits per heavy atom. The lowest BCUT2D eigenvalue weighted by Gasteiger charge is -2.07. The quantitative estimate of drug-likeness (QED) is 0.372. The molecule has 1 heterocycles. The Morgan fingerprint density at radius 1 is 0.906 bits per heavy atom. The van der Waals surface area contributed by atoms with E-state index in [1.807, 2.05) is 61.5 Å². The zero-order chi connectivity index (χ0) is 22.3. The Hall–Kier alpha value is -3.51. The molecule has 32 heavy (non-hydrogen) atoms. The first-order valence-corrected chi connectivity index (χ1v) is 11.5. The topological polar surface area (TPSA) is 63.1 Å². The maximum Gasteiger partial charge on any atom is 0.251 e. The van der Waals surface area contributed by atoms with Crippen molar-refractivity contribution in [2.24, 2.45) is 0 Å². The molecule has 0 aliphatic carbocycles. The second-order valence-electron chi connectivity index (χ2n) is 7.53. The van der Waals surface area contributed by atoms with Crippen molar-refractivity contribution in [2.75, 3.05) is 17.6 Å². The molecule has 0 bridgehead atoms. The fourth-order valence-electron chi connectivity index (χ4n) is 3.47. The van der Waals surface area contributed by atoms with Gasteiger partial charge in [0.2, 0.25) is 5.91 Å². The van der Waals surface area contributed by atoms with E-state index in [0.29, 0.717) is 24.4 Å². The summed E-state index contributed by atoms with van der Waals surface area (Å²) in [6, 6.07) is 25.1. The van der Waals surface area contributed by atoms with Gasteiger partial charge in [-0.2, -0.15) is 0 Å². The highest BCUT2D eigenvalue weighted by atomic mass is 32.2. The van der Waals surface area contributed by atoms with Crippen LogP contribution < -0.4 is 10.6 Å². The van der Waals surface area contributed by atoms with Crippen LogP contribution in [0, 0.1) is 6.92 Å². The van der Waals surface area contributed by atoms with E-state index in [2.05, 4.69) is 33.5 Å². The summed E-state index contributed by atoms with van der Waals surface area (Å²) in [6.07, 6.45) is 2.06. The van der Waals surface area contributed by atoms with Crippen LogP contribution in [0.15, 0.2) is 90.0 Å². The Kier molecular flexibility index (Phi) is 6.92. The highest BCUT2D eigenvalue weighted by Crippen LogP contribution is 2.30. The number of fused-ring (bicyclic) bond motifs is 1. The number of hydrogen-bond acceptors (Lipinski definition) is 3. The van der Waals surface area contributed by atoms with Gasteiger partial charge in [-0.1, -0.05) is 54.1 Å². The number of carbonyl (C=O) groups excluding carboxylic acids is 2. The van der Waals surface area contributed by atoms with E-state index in [1.54, 1.807) is 12.1 Å². The SMILES string of the molecule is Cc1ccc(NC(=O)CSc2cn(CCNC(=O)c3ccccc3)c3ccccc23)cc1. The van der Waals surface area contributed by atoms with Crippen LogP contribution in [0.25, 0.3) is 10.9 Å². The third-order valence-corrected chi connectivity index (χ3v) is 6.16.